The second-order valence-corrected chi connectivity index (χ2v) is 4.06. The molecule has 0 aromatic rings. The van der Waals surface area contributed by atoms with Crippen molar-refractivity contribution in [2.75, 3.05) is 0 Å². The Bertz CT molecular complexity index is 354. The first-order valence-corrected chi connectivity index (χ1v) is 5.42. The average molecular weight is 262 g/mol. The van der Waals surface area contributed by atoms with E-state index in [1.807, 2.05) is 6.92 Å². The van der Waals surface area contributed by atoms with Gasteiger partial charge in [0.05, 0.1) is 0 Å². The summed E-state index contributed by atoms with van der Waals surface area (Å²) in [6.45, 7) is 10.2. The van der Waals surface area contributed by atoms with Crippen LogP contribution >= 0.6 is 0 Å². The van der Waals surface area contributed by atoms with E-state index >= 15 is 0 Å². The molecule has 0 aromatic heterocycles. The third kappa shape index (κ3) is 8.61. The Morgan fingerprint density at radius 3 is 2.33 bits per heavy atom. The average Bonchev–Trinajstić information content (AvgIpc) is 2.19. The van der Waals surface area contributed by atoms with Gasteiger partial charge in [-0.05, 0) is 25.3 Å². The Kier molecular flexibility index (Phi) is 6.44. The molecular formula is C13H17F3O2. The van der Waals surface area contributed by atoms with Crippen LogP contribution in [0.3, 0.4) is 0 Å². The van der Waals surface area contributed by atoms with E-state index in [1.165, 1.54) is 13.0 Å². The molecule has 0 saturated carbocycles. The number of hydrogen-bond donors (Lipinski definition) is 0. The molecule has 0 rings (SSSR count). The molecule has 102 valence electrons. The first-order valence-electron chi connectivity index (χ1n) is 5.42. The number of hydrogen-bond acceptors (Lipinski definition) is 2. The highest BCUT2D eigenvalue weighted by molar-refractivity contribution is 5.75. The number of alkyl halides is 3. The zero-order chi connectivity index (χ0) is 14.3. The molecule has 5 heteroatoms. The van der Waals surface area contributed by atoms with Crippen molar-refractivity contribution < 1.29 is 22.7 Å². The van der Waals surface area contributed by atoms with E-state index in [4.69, 9.17) is 0 Å². The minimum Gasteiger partial charge on any atom is -0.406 e. The van der Waals surface area contributed by atoms with E-state index in [9.17, 15) is 18.0 Å². The molecule has 0 amide bonds. The monoisotopic (exact) mass is 262 g/mol. The Hall–Kier alpha value is -1.52. The van der Waals surface area contributed by atoms with Crippen LogP contribution in [-0.2, 0) is 9.53 Å². The lowest BCUT2D eigenvalue weighted by molar-refractivity contribution is -0.303. The van der Waals surface area contributed by atoms with E-state index in [0.717, 1.165) is 6.08 Å². The van der Waals surface area contributed by atoms with Crippen LogP contribution in [0.25, 0.3) is 0 Å². The number of ketones is 1. The van der Waals surface area contributed by atoms with Crippen LogP contribution in [0.2, 0.25) is 0 Å². The largest absolute Gasteiger partial charge is 0.573 e. The van der Waals surface area contributed by atoms with Gasteiger partial charge in [-0.1, -0.05) is 31.7 Å². The molecule has 0 fully saturated rings. The number of allylic oxidation sites excluding steroid dienone is 3. The predicted molar refractivity (Wildman–Crippen MR) is 63.6 cm³/mol. The van der Waals surface area contributed by atoms with Gasteiger partial charge in [0.1, 0.15) is 11.5 Å². The zero-order valence-electron chi connectivity index (χ0n) is 10.5. The standard InChI is InChI=1S/C13H17F3O2/c1-9(5-7-11(3)17)10(2)6-8-12(4)18-13(14,15)16/h6,8-9H,2,4-5,7H2,1,3H3/b8-6-. The van der Waals surface area contributed by atoms with E-state index in [2.05, 4.69) is 17.9 Å². The summed E-state index contributed by atoms with van der Waals surface area (Å²) in [5.74, 6) is -0.408. The fraction of sp³-hybridized carbons (Fsp3) is 0.462. The molecule has 0 heterocycles. The van der Waals surface area contributed by atoms with Gasteiger partial charge >= 0.3 is 6.36 Å². The van der Waals surface area contributed by atoms with Crippen LogP contribution in [0.5, 0.6) is 0 Å². The van der Waals surface area contributed by atoms with Crippen molar-refractivity contribution in [2.24, 2.45) is 5.92 Å². The molecule has 0 aliphatic carbocycles. The van der Waals surface area contributed by atoms with Crippen LogP contribution in [0.1, 0.15) is 26.7 Å². The summed E-state index contributed by atoms with van der Waals surface area (Å²) in [5, 5.41) is 0. The quantitative estimate of drug-likeness (QED) is 0.509. The van der Waals surface area contributed by atoms with E-state index in [0.29, 0.717) is 18.4 Å². The molecule has 0 aliphatic heterocycles. The molecule has 0 N–H and O–H groups in total. The van der Waals surface area contributed by atoms with E-state index in [1.54, 1.807) is 0 Å². The van der Waals surface area contributed by atoms with Crippen molar-refractivity contribution in [1.82, 2.24) is 0 Å². The van der Waals surface area contributed by atoms with Crippen molar-refractivity contribution in [3.8, 4) is 0 Å². The predicted octanol–water partition coefficient (Wildman–Crippen LogP) is 4.15. The summed E-state index contributed by atoms with van der Waals surface area (Å²) in [5.41, 5.74) is 0.628. The molecule has 0 spiro atoms. The lowest BCUT2D eigenvalue weighted by Crippen LogP contribution is -2.11. The first-order chi connectivity index (χ1) is 8.11. The Balaban J connectivity index is 4.22. The van der Waals surface area contributed by atoms with Gasteiger partial charge in [0, 0.05) is 6.42 Å². The fourth-order valence-electron chi connectivity index (χ4n) is 1.15. The van der Waals surface area contributed by atoms with Crippen molar-refractivity contribution in [3.05, 3.63) is 36.6 Å². The van der Waals surface area contributed by atoms with Crippen molar-refractivity contribution in [3.63, 3.8) is 0 Å². The van der Waals surface area contributed by atoms with Gasteiger partial charge in [-0.25, -0.2) is 0 Å². The molecule has 0 aliphatic rings. The van der Waals surface area contributed by atoms with Crippen molar-refractivity contribution >= 4 is 5.78 Å². The van der Waals surface area contributed by atoms with Gasteiger partial charge < -0.3 is 9.53 Å². The van der Waals surface area contributed by atoms with Gasteiger partial charge in [-0.3, -0.25) is 0 Å². The van der Waals surface area contributed by atoms with Crippen LogP contribution < -0.4 is 0 Å². The number of rotatable bonds is 7. The number of halogens is 3. The van der Waals surface area contributed by atoms with Gasteiger partial charge in [0.25, 0.3) is 0 Å². The summed E-state index contributed by atoms with van der Waals surface area (Å²) in [6.07, 6.45) is -1.17. The van der Waals surface area contributed by atoms with Gasteiger partial charge in [-0.2, -0.15) is 0 Å². The second-order valence-electron chi connectivity index (χ2n) is 4.06. The Morgan fingerprint density at radius 1 is 1.33 bits per heavy atom. The third-order valence-corrected chi connectivity index (χ3v) is 2.29. The van der Waals surface area contributed by atoms with E-state index < -0.39 is 12.1 Å². The molecule has 1 atom stereocenters. The molecule has 1 unspecified atom stereocenters. The molecule has 0 saturated heterocycles. The highest BCUT2D eigenvalue weighted by Gasteiger charge is 2.30. The summed E-state index contributed by atoms with van der Waals surface area (Å²) < 4.78 is 39.1. The van der Waals surface area contributed by atoms with Crippen molar-refractivity contribution in [1.29, 1.82) is 0 Å². The number of carbonyl (C=O) groups is 1. The Labute approximate surface area is 105 Å². The second kappa shape index (κ2) is 7.03. The van der Waals surface area contributed by atoms with Gasteiger partial charge in [0.15, 0.2) is 0 Å². The highest BCUT2D eigenvalue weighted by atomic mass is 19.4. The minimum absolute atomic E-state index is 0.0174. The topological polar surface area (TPSA) is 26.3 Å². The molecule has 0 aromatic carbocycles. The Morgan fingerprint density at radius 2 is 1.89 bits per heavy atom. The summed E-state index contributed by atoms with van der Waals surface area (Å²) >= 11 is 0. The smallest absolute Gasteiger partial charge is 0.406 e. The molecule has 0 radical (unpaired) electrons. The summed E-state index contributed by atoms with van der Waals surface area (Å²) in [4.78, 5) is 10.8. The zero-order valence-corrected chi connectivity index (χ0v) is 10.5. The normalized spacial score (nSPS) is 13.4. The highest BCUT2D eigenvalue weighted by Crippen LogP contribution is 2.22. The fourth-order valence-corrected chi connectivity index (χ4v) is 1.15. The lowest BCUT2D eigenvalue weighted by Gasteiger charge is -2.11. The minimum atomic E-state index is -4.73. The summed E-state index contributed by atoms with van der Waals surface area (Å²) in [6, 6.07) is 0. The number of ether oxygens (including phenoxy) is 1. The molecule has 2 nitrogen and oxygen atoms in total. The SMILES string of the molecule is C=C(/C=C\C(=C)C(C)CCC(C)=O)OC(F)(F)F. The summed E-state index contributed by atoms with van der Waals surface area (Å²) in [7, 11) is 0. The van der Waals surface area contributed by atoms with Gasteiger partial charge in [-0.15, -0.1) is 13.2 Å². The van der Waals surface area contributed by atoms with Gasteiger partial charge in [0.2, 0.25) is 0 Å². The van der Waals surface area contributed by atoms with Crippen LogP contribution in [0.15, 0.2) is 36.6 Å². The maximum atomic E-state index is 11.8. The molecular weight excluding hydrogens is 245 g/mol. The molecule has 18 heavy (non-hydrogen) atoms. The first kappa shape index (κ1) is 16.5. The lowest BCUT2D eigenvalue weighted by atomic mass is 9.96. The van der Waals surface area contributed by atoms with Crippen molar-refractivity contribution in [2.45, 2.75) is 33.1 Å². The number of Topliss-reactive ketones (excluding diaryl/α,β-unsaturated/α-hetero) is 1. The van der Waals surface area contributed by atoms with Crippen LogP contribution in [-0.4, -0.2) is 12.1 Å². The van der Waals surface area contributed by atoms with E-state index in [-0.39, 0.29) is 11.7 Å². The maximum Gasteiger partial charge on any atom is 0.573 e. The maximum absolute atomic E-state index is 11.8. The van der Waals surface area contributed by atoms with Crippen LogP contribution in [0.4, 0.5) is 13.2 Å². The molecule has 0 bridgehead atoms. The van der Waals surface area contributed by atoms with Crippen LogP contribution in [0, 0.1) is 5.92 Å². The third-order valence-electron chi connectivity index (χ3n) is 2.29. The number of carbonyl (C=O) groups excluding carboxylic acids is 1.